The lowest BCUT2D eigenvalue weighted by Crippen LogP contribution is -2.56. The standard InChI is InChI=1S/C15H26N4O7/c1-4-7(2)12(16)15(26)18-8(3)13(24)19-9(5-10(20)21)14(25)17-6-11(22)23/h7-9,12H,4-6,16H2,1-3H3,(H,17,25)(H,18,26)(H,19,24)(H,20,21)(H,22,23). The number of nitrogens with one attached hydrogen (secondary N) is 3. The highest BCUT2D eigenvalue weighted by atomic mass is 16.4. The Morgan fingerprint density at radius 1 is 0.923 bits per heavy atom. The summed E-state index contributed by atoms with van der Waals surface area (Å²) in [5, 5.41) is 23.9. The first-order valence-corrected chi connectivity index (χ1v) is 8.07. The van der Waals surface area contributed by atoms with E-state index in [1.165, 1.54) is 6.92 Å². The van der Waals surface area contributed by atoms with Crippen molar-refractivity contribution < 1.29 is 34.2 Å². The maximum atomic E-state index is 12.1. The molecule has 3 amide bonds. The number of hydrogen-bond donors (Lipinski definition) is 6. The molecule has 26 heavy (non-hydrogen) atoms. The summed E-state index contributed by atoms with van der Waals surface area (Å²) in [5.41, 5.74) is 5.76. The molecular formula is C15H26N4O7. The zero-order valence-electron chi connectivity index (χ0n) is 14.9. The number of hydrogen-bond acceptors (Lipinski definition) is 6. The maximum absolute atomic E-state index is 12.1. The van der Waals surface area contributed by atoms with Crippen LogP contribution in [0.25, 0.3) is 0 Å². The van der Waals surface area contributed by atoms with Crippen LogP contribution < -0.4 is 21.7 Å². The van der Waals surface area contributed by atoms with Crippen LogP contribution in [0.4, 0.5) is 0 Å². The van der Waals surface area contributed by atoms with Crippen LogP contribution in [0.5, 0.6) is 0 Å². The lowest BCUT2D eigenvalue weighted by molar-refractivity contribution is -0.141. The zero-order valence-corrected chi connectivity index (χ0v) is 14.9. The first kappa shape index (κ1) is 23.3. The van der Waals surface area contributed by atoms with E-state index in [4.69, 9.17) is 15.9 Å². The van der Waals surface area contributed by atoms with E-state index >= 15 is 0 Å². The summed E-state index contributed by atoms with van der Waals surface area (Å²) in [7, 11) is 0. The predicted octanol–water partition coefficient (Wildman–Crippen LogP) is -1.98. The number of carbonyl (C=O) groups excluding carboxylic acids is 3. The van der Waals surface area contributed by atoms with Gasteiger partial charge in [0.05, 0.1) is 12.5 Å². The molecule has 0 aliphatic carbocycles. The van der Waals surface area contributed by atoms with Crippen molar-refractivity contribution in [2.45, 2.75) is 51.7 Å². The Bertz CT molecular complexity index is 552. The molecule has 4 unspecified atom stereocenters. The molecule has 4 atom stereocenters. The molecule has 0 bridgehead atoms. The molecule has 0 rings (SSSR count). The van der Waals surface area contributed by atoms with Crippen molar-refractivity contribution in [3.8, 4) is 0 Å². The first-order chi connectivity index (χ1) is 12.0. The molecule has 0 aromatic carbocycles. The molecule has 0 radical (unpaired) electrons. The van der Waals surface area contributed by atoms with E-state index in [9.17, 15) is 24.0 Å². The summed E-state index contributed by atoms with van der Waals surface area (Å²) in [4.78, 5) is 57.2. The Balaban J connectivity index is 4.85. The smallest absolute Gasteiger partial charge is 0.322 e. The van der Waals surface area contributed by atoms with E-state index in [-0.39, 0.29) is 5.92 Å². The minimum Gasteiger partial charge on any atom is -0.481 e. The molecule has 11 nitrogen and oxygen atoms in total. The van der Waals surface area contributed by atoms with Gasteiger partial charge in [-0.1, -0.05) is 20.3 Å². The third kappa shape index (κ3) is 8.42. The fourth-order valence-corrected chi connectivity index (χ4v) is 1.85. The first-order valence-electron chi connectivity index (χ1n) is 8.07. The van der Waals surface area contributed by atoms with Crippen LogP contribution in [0, 0.1) is 5.92 Å². The predicted molar refractivity (Wildman–Crippen MR) is 89.9 cm³/mol. The van der Waals surface area contributed by atoms with Gasteiger partial charge in [0.25, 0.3) is 0 Å². The van der Waals surface area contributed by atoms with Crippen molar-refractivity contribution in [1.82, 2.24) is 16.0 Å². The molecule has 0 aliphatic heterocycles. The second-order valence-corrected chi connectivity index (χ2v) is 5.91. The van der Waals surface area contributed by atoms with E-state index in [0.29, 0.717) is 6.42 Å². The van der Waals surface area contributed by atoms with E-state index in [2.05, 4.69) is 10.6 Å². The van der Waals surface area contributed by atoms with Crippen molar-refractivity contribution >= 4 is 29.7 Å². The summed E-state index contributed by atoms with van der Waals surface area (Å²) >= 11 is 0. The molecule has 7 N–H and O–H groups in total. The number of amides is 3. The van der Waals surface area contributed by atoms with Gasteiger partial charge >= 0.3 is 11.9 Å². The van der Waals surface area contributed by atoms with Crippen molar-refractivity contribution in [2.24, 2.45) is 11.7 Å². The van der Waals surface area contributed by atoms with E-state index < -0.39 is 60.8 Å². The van der Waals surface area contributed by atoms with Crippen LogP contribution in [0.15, 0.2) is 0 Å². The molecular weight excluding hydrogens is 348 g/mol. The lowest BCUT2D eigenvalue weighted by atomic mass is 9.99. The molecule has 0 saturated heterocycles. The third-order valence-corrected chi connectivity index (χ3v) is 3.74. The summed E-state index contributed by atoms with van der Waals surface area (Å²) < 4.78 is 0. The van der Waals surface area contributed by atoms with Gasteiger partial charge in [0.15, 0.2) is 0 Å². The van der Waals surface area contributed by atoms with Gasteiger partial charge in [0.1, 0.15) is 18.6 Å². The van der Waals surface area contributed by atoms with Crippen LogP contribution in [-0.2, 0) is 24.0 Å². The molecule has 0 saturated carbocycles. The number of aliphatic carboxylic acids is 2. The third-order valence-electron chi connectivity index (χ3n) is 3.74. The molecule has 0 spiro atoms. The average molecular weight is 374 g/mol. The zero-order chi connectivity index (χ0) is 20.4. The van der Waals surface area contributed by atoms with Crippen LogP contribution in [0.2, 0.25) is 0 Å². The molecule has 0 aromatic heterocycles. The van der Waals surface area contributed by atoms with Crippen LogP contribution in [0.3, 0.4) is 0 Å². The van der Waals surface area contributed by atoms with E-state index in [0.717, 1.165) is 0 Å². The number of carboxylic acids is 2. The van der Waals surface area contributed by atoms with Gasteiger partial charge in [-0.05, 0) is 12.8 Å². The van der Waals surface area contributed by atoms with Gasteiger partial charge in [-0.2, -0.15) is 0 Å². The van der Waals surface area contributed by atoms with Gasteiger partial charge in [0, 0.05) is 0 Å². The molecule has 0 heterocycles. The van der Waals surface area contributed by atoms with Gasteiger partial charge in [-0.15, -0.1) is 0 Å². The Labute approximate surface area is 150 Å². The summed E-state index contributed by atoms with van der Waals surface area (Å²) in [6.45, 7) is 4.27. The SMILES string of the molecule is CCC(C)C(N)C(=O)NC(C)C(=O)NC(CC(=O)O)C(=O)NCC(=O)O. The Hall–Kier alpha value is -2.69. The Morgan fingerprint density at radius 2 is 1.50 bits per heavy atom. The minimum absolute atomic E-state index is 0.105. The van der Waals surface area contributed by atoms with Crippen molar-refractivity contribution in [2.75, 3.05) is 6.54 Å². The van der Waals surface area contributed by atoms with Crippen LogP contribution >= 0.6 is 0 Å². The number of carbonyl (C=O) groups is 5. The fraction of sp³-hybridized carbons (Fsp3) is 0.667. The molecule has 148 valence electrons. The molecule has 0 aliphatic rings. The lowest BCUT2D eigenvalue weighted by Gasteiger charge is -2.22. The quantitative estimate of drug-likeness (QED) is 0.240. The largest absolute Gasteiger partial charge is 0.481 e. The number of carboxylic acid groups (broad SMARTS) is 2. The van der Waals surface area contributed by atoms with Crippen molar-refractivity contribution in [3.05, 3.63) is 0 Å². The summed E-state index contributed by atoms with van der Waals surface area (Å²) in [5.74, 6) is -5.10. The molecule has 0 aromatic rings. The van der Waals surface area contributed by atoms with Crippen LogP contribution in [0.1, 0.15) is 33.6 Å². The highest BCUT2D eigenvalue weighted by Crippen LogP contribution is 2.05. The second-order valence-electron chi connectivity index (χ2n) is 5.91. The van der Waals surface area contributed by atoms with E-state index in [1.807, 2.05) is 12.2 Å². The van der Waals surface area contributed by atoms with Gasteiger partial charge in [0.2, 0.25) is 17.7 Å². The van der Waals surface area contributed by atoms with Crippen molar-refractivity contribution in [3.63, 3.8) is 0 Å². The van der Waals surface area contributed by atoms with Gasteiger partial charge in [-0.3, -0.25) is 24.0 Å². The summed E-state index contributed by atoms with van der Waals surface area (Å²) in [6, 6.07) is -3.37. The second kappa shape index (κ2) is 11.0. The van der Waals surface area contributed by atoms with Gasteiger partial charge < -0.3 is 31.9 Å². The highest BCUT2D eigenvalue weighted by Gasteiger charge is 2.28. The average Bonchev–Trinajstić information content (AvgIpc) is 2.56. The monoisotopic (exact) mass is 374 g/mol. The maximum Gasteiger partial charge on any atom is 0.322 e. The topological polar surface area (TPSA) is 188 Å². The number of rotatable bonds is 11. The fourth-order valence-electron chi connectivity index (χ4n) is 1.85. The molecule has 11 heteroatoms. The Kier molecular flexibility index (Phi) is 9.89. The normalized spacial score (nSPS) is 15.1. The van der Waals surface area contributed by atoms with E-state index in [1.54, 1.807) is 6.92 Å². The number of nitrogens with two attached hydrogens (primary N) is 1. The Morgan fingerprint density at radius 3 is 1.96 bits per heavy atom. The summed E-state index contributed by atoms with van der Waals surface area (Å²) in [6.07, 6.45) is -0.0795. The van der Waals surface area contributed by atoms with Crippen LogP contribution in [-0.4, -0.2) is 64.5 Å². The van der Waals surface area contributed by atoms with Crippen molar-refractivity contribution in [1.29, 1.82) is 0 Å². The minimum atomic E-state index is -1.48. The molecule has 0 fully saturated rings. The highest BCUT2D eigenvalue weighted by molar-refractivity contribution is 5.95. The van der Waals surface area contributed by atoms with Gasteiger partial charge in [-0.25, -0.2) is 0 Å².